The monoisotopic (exact) mass is 325 g/mol. The van der Waals surface area contributed by atoms with Crippen LogP contribution in [0.5, 0.6) is 17.2 Å². The van der Waals surface area contributed by atoms with Crippen molar-refractivity contribution in [2.75, 3.05) is 7.11 Å². The molecule has 0 spiro atoms. The van der Waals surface area contributed by atoms with Gasteiger partial charge in [-0.05, 0) is 30.3 Å². The van der Waals surface area contributed by atoms with Crippen LogP contribution in [0.25, 0.3) is 16.9 Å². The number of methoxy groups -OCH3 is 1. The molecule has 0 aliphatic carbocycles. The highest BCUT2D eigenvalue weighted by molar-refractivity contribution is 5.93. The van der Waals surface area contributed by atoms with E-state index in [4.69, 9.17) is 10.5 Å². The summed E-state index contributed by atoms with van der Waals surface area (Å²) in [7, 11) is 1.51. The number of rotatable bonds is 4. The van der Waals surface area contributed by atoms with Gasteiger partial charge >= 0.3 is 0 Å². The highest BCUT2D eigenvalue weighted by Gasteiger charge is 2.19. The second-order valence-electron chi connectivity index (χ2n) is 5.06. The van der Waals surface area contributed by atoms with Crippen LogP contribution in [0.15, 0.2) is 48.5 Å². The number of ether oxygens (including phenoxy) is 1. The van der Waals surface area contributed by atoms with Crippen LogP contribution >= 0.6 is 0 Å². The minimum Gasteiger partial charge on any atom is -0.508 e. The standard InChI is InChI=1S/C17H15N3O4/c1-24-16-5-3-2-4-13(16)20-14(17(18)23)9-12(19-20)11-7-6-10(21)8-15(11)22/h2-9,21-22H,1H3,(H2,18,23). The Morgan fingerprint density at radius 3 is 2.58 bits per heavy atom. The van der Waals surface area contributed by atoms with Crippen LogP contribution in [0.3, 0.4) is 0 Å². The summed E-state index contributed by atoms with van der Waals surface area (Å²) in [6.45, 7) is 0. The van der Waals surface area contributed by atoms with Gasteiger partial charge in [0, 0.05) is 11.6 Å². The van der Waals surface area contributed by atoms with Gasteiger partial charge in [0.1, 0.15) is 28.6 Å². The quantitative estimate of drug-likeness (QED) is 0.680. The molecule has 0 bridgehead atoms. The zero-order valence-corrected chi connectivity index (χ0v) is 12.8. The Labute approximate surface area is 137 Å². The van der Waals surface area contributed by atoms with Crippen LogP contribution in [0, 0.1) is 0 Å². The number of carbonyl (C=O) groups excluding carboxylic acids is 1. The summed E-state index contributed by atoms with van der Waals surface area (Å²) in [4.78, 5) is 11.8. The third-order valence-corrected chi connectivity index (χ3v) is 3.53. The fourth-order valence-corrected chi connectivity index (χ4v) is 2.41. The number of aromatic hydroxyl groups is 2. The lowest BCUT2D eigenvalue weighted by molar-refractivity contribution is 0.0993. The Balaban J connectivity index is 2.21. The summed E-state index contributed by atoms with van der Waals surface area (Å²) in [6.07, 6.45) is 0. The maximum Gasteiger partial charge on any atom is 0.267 e. The van der Waals surface area contributed by atoms with Crippen molar-refractivity contribution in [1.82, 2.24) is 9.78 Å². The molecule has 0 fully saturated rings. The predicted molar refractivity (Wildman–Crippen MR) is 87.4 cm³/mol. The largest absolute Gasteiger partial charge is 0.508 e. The molecule has 0 radical (unpaired) electrons. The third-order valence-electron chi connectivity index (χ3n) is 3.53. The molecule has 0 saturated carbocycles. The molecule has 4 N–H and O–H groups in total. The first-order chi connectivity index (χ1) is 11.5. The summed E-state index contributed by atoms with van der Waals surface area (Å²) in [5.41, 5.74) is 6.84. The molecule has 7 heteroatoms. The minimum absolute atomic E-state index is 0.0736. The number of phenols is 2. The van der Waals surface area contributed by atoms with E-state index in [0.717, 1.165) is 0 Å². The Bertz CT molecular complexity index is 918. The van der Waals surface area contributed by atoms with Gasteiger partial charge in [0.2, 0.25) is 0 Å². The average molecular weight is 325 g/mol. The van der Waals surface area contributed by atoms with Gasteiger partial charge in [-0.2, -0.15) is 5.10 Å². The van der Waals surface area contributed by atoms with Crippen molar-refractivity contribution < 1.29 is 19.7 Å². The molecule has 7 nitrogen and oxygen atoms in total. The first-order valence-electron chi connectivity index (χ1n) is 7.07. The van der Waals surface area contributed by atoms with E-state index in [2.05, 4.69) is 5.10 Å². The molecule has 3 aromatic rings. The number of phenolic OH excluding ortho intramolecular Hbond substituents is 2. The summed E-state index contributed by atoms with van der Waals surface area (Å²) in [6, 6.07) is 12.6. The second-order valence-corrected chi connectivity index (χ2v) is 5.06. The number of para-hydroxylation sites is 2. The van der Waals surface area contributed by atoms with Crippen LogP contribution in [0.2, 0.25) is 0 Å². The van der Waals surface area contributed by atoms with Crippen LogP contribution in [-0.2, 0) is 0 Å². The zero-order valence-electron chi connectivity index (χ0n) is 12.8. The molecule has 3 rings (SSSR count). The summed E-state index contributed by atoms with van der Waals surface area (Å²) in [5.74, 6) is -0.381. The number of carbonyl (C=O) groups is 1. The van der Waals surface area contributed by atoms with E-state index < -0.39 is 5.91 Å². The molecule has 0 aliphatic heterocycles. The number of aromatic nitrogens is 2. The number of amides is 1. The Hall–Kier alpha value is -3.48. The molecule has 1 heterocycles. The van der Waals surface area contributed by atoms with E-state index in [1.54, 1.807) is 24.3 Å². The Morgan fingerprint density at radius 1 is 1.17 bits per heavy atom. The van der Waals surface area contributed by atoms with Crippen molar-refractivity contribution >= 4 is 5.91 Å². The van der Waals surface area contributed by atoms with E-state index >= 15 is 0 Å². The average Bonchev–Trinajstić information content (AvgIpc) is 3.00. The van der Waals surface area contributed by atoms with Gasteiger partial charge in [-0.15, -0.1) is 0 Å². The number of primary amides is 1. The molecular weight excluding hydrogens is 310 g/mol. The van der Waals surface area contributed by atoms with Crippen LogP contribution in [0.4, 0.5) is 0 Å². The number of hydrogen-bond acceptors (Lipinski definition) is 5. The van der Waals surface area contributed by atoms with Gasteiger partial charge < -0.3 is 20.7 Å². The molecule has 0 aliphatic rings. The third kappa shape index (κ3) is 2.63. The maximum atomic E-state index is 11.8. The van der Waals surface area contributed by atoms with Gasteiger partial charge in [-0.3, -0.25) is 4.79 Å². The lowest BCUT2D eigenvalue weighted by Crippen LogP contribution is -2.17. The molecule has 1 aromatic heterocycles. The number of hydrogen-bond donors (Lipinski definition) is 3. The molecule has 0 saturated heterocycles. The fourth-order valence-electron chi connectivity index (χ4n) is 2.41. The molecular formula is C17H15N3O4. The van der Waals surface area contributed by atoms with E-state index in [9.17, 15) is 15.0 Å². The van der Waals surface area contributed by atoms with E-state index in [-0.39, 0.29) is 17.2 Å². The lowest BCUT2D eigenvalue weighted by atomic mass is 10.1. The SMILES string of the molecule is COc1ccccc1-n1nc(-c2ccc(O)cc2O)cc1C(N)=O. The molecule has 0 atom stereocenters. The smallest absolute Gasteiger partial charge is 0.267 e. The Morgan fingerprint density at radius 2 is 1.92 bits per heavy atom. The van der Waals surface area contributed by atoms with Crippen molar-refractivity contribution in [1.29, 1.82) is 0 Å². The first kappa shape index (κ1) is 15.4. The topological polar surface area (TPSA) is 111 Å². The van der Waals surface area contributed by atoms with Gasteiger partial charge in [0.15, 0.2) is 0 Å². The van der Waals surface area contributed by atoms with E-state index in [0.29, 0.717) is 22.7 Å². The van der Waals surface area contributed by atoms with Crippen molar-refractivity contribution in [3.8, 4) is 34.2 Å². The number of nitrogens with two attached hydrogens (primary N) is 1. The van der Waals surface area contributed by atoms with Gasteiger partial charge in [-0.25, -0.2) is 4.68 Å². The second kappa shape index (κ2) is 5.96. The Kier molecular flexibility index (Phi) is 3.83. The summed E-state index contributed by atoms with van der Waals surface area (Å²) >= 11 is 0. The first-order valence-corrected chi connectivity index (χ1v) is 7.07. The molecule has 0 unspecified atom stereocenters. The molecule has 24 heavy (non-hydrogen) atoms. The maximum absolute atomic E-state index is 11.8. The molecule has 2 aromatic carbocycles. The highest BCUT2D eigenvalue weighted by atomic mass is 16.5. The highest BCUT2D eigenvalue weighted by Crippen LogP contribution is 2.33. The van der Waals surface area contributed by atoms with E-state index in [1.165, 1.54) is 36.1 Å². The van der Waals surface area contributed by atoms with Gasteiger partial charge in [0.05, 0.1) is 12.8 Å². The molecule has 1 amide bonds. The lowest BCUT2D eigenvalue weighted by Gasteiger charge is -2.09. The normalized spacial score (nSPS) is 10.5. The van der Waals surface area contributed by atoms with Crippen molar-refractivity contribution in [3.63, 3.8) is 0 Å². The number of nitrogens with zero attached hydrogens (tertiary/aromatic N) is 2. The summed E-state index contributed by atoms with van der Waals surface area (Å²) in [5, 5.41) is 23.8. The number of benzene rings is 2. The van der Waals surface area contributed by atoms with Gasteiger partial charge in [0.25, 0.3) is 5.91 Å². The van der Waals surface area contributed by atoms with E-state index in [1.807, 2.05) is 0 Å². The fraction of sp³-hybridized carbons (Fsp3) is 0.0588. The van der Waals surface area contributed by atoms with Crippen molar-refractivity contribution in [3.05, 3.63) is 54.2 Å². The van der Waals surface area contributed by atoms with Crippen LogP contribution < -0.4 is 10.5 Å². The molecule has 122 valence electrons. The zero-order chi connectivity index (χ0) is 17.3. The van der Waals surface area contributed by atoms with Crippen molar-refractivity contribution in [2.45, 2.75) is 0 Å². The van der Waals surface area contributed by atoms with Crippen LogP contribution in [-0.4, -0.2) is 33.0 Å². The van der Waals surface area contributed by atoms with Gasteiger partial charge in [-0.1, -0.05) is 12.1 Å². The van der Waals surface area contributed by atoms with Crippen LogP contribution in [0.1, 0.15) is 10.5 Å². The van der Waals surface area contributed by atoms with Crippen molar-refractivity contribution in [2.24, 2.45) is 5.73 Å². The summed E-state index contributed by atoms with van der Waals surface area (Å²) < 4.78 is 6.66. The predicted octanol–water partition coefficient (Wildman–Crippen LogP) is 2.06. The minimum atomic E-state index is -0.669.